The summed E-state index contributed by atoms with van der Waals surface area (Å²) in [6.45, 7) is 0.838. The summed E-state index contributed by atoms with van der Waals surface area (Å²) in [6, 6.07) is 11.8. The van der Waals surface area contributed by atoms with Crippen molar-refractivity contribution in [1.82, 2.24) is 10.2 Å². The SMILES string of the molecule is COc1ccc(CCNc2cccnn2)cc1. The van der Waals surface area contributed by atoms with Crippen LogP contribution in [0, 0.1) is 0 Å². The monoisotopic (exact) mass is 229 g/mol. The molecule has 0 aliphatic heterocycles. The number of nitrogens with one attached hydrogen (secondary N) is 1. The Morgan fingerprint density at radius 2 is 2.00 bits per heavy atom. The lowest BCUT2D eigenvalue weighted by molar-refractivity contribution is 0.414. The van der Waals surface area contributed by atoms with Gasteiger partial charge in [0.25, 0.3) is 0 Å². The molecule has 0 amide bonds. The van der Waals surface area contributed by atoms with Gasteiger partial charge in [-0.2, -0.15) is 5.10 Å². The molecule has 17 heavy (non-hydrogen) atoms. The smallest absolute Gasteiger partial charge is 0.148 e. The van der Waals surface area contributed by atoms with E-state index < -0.39 is 0 Å². The van der Waals surface area contributed by atoms with Crippen LogP contribution in [0.5, 0.6) is 5.75 Å². The summed E-state index contributed by atoms with van der Waals surface area (Å²) >= 11 is 0. The van der Waals surface area contributed by atoms with E-state index in [0.29, 0.717) is 0 Å². The minimum absolute atomic E-state index is 0.806. The van der Waals surface area contributed by atoms with Gasteiger partial charge in [0, 0.05) is 12.7 Å². The molecule has 1 N–H and O–H groups in total. The number of rotatable bonds is 5. The Morgan fingerprint density at radius 3 is 2.65 bits per heavy atom. The lowest BCUT2D eigenvalue weighted by atomic mass is 10.1. The van der Waals surface area contributed by atoms with E-state index in [1.807, 2.05) is 24.3 Å². The van der Waals surface area contributed by atoms with E-state index in [4.69, 9.17) is 4.74 Å². The Morgan fingerprint density at radius 1 is 1.18 bits per heavy atom. The van der Waals surface area contributed by atoms with Crippen molar-refractivity contribution in [2.75, 3.05) is 19.0 Å². The summed E-state index contributed by atoms with van der Waals surface area (Å²) in [7, 11) is 1.67. The van der Waals surface area contributed by atoms with Gasteiger partial charge in [-0.3, -0.25) is 0 Å². The Bertz CT molecular complexity index is 442. The molecule has 4 heteroatoms. The molecule has 0 aliphatic carbocycles. The summed E-state index contributed by atoms with van der Waals surface area (Å²) in [5.41, 5.74) is 1.27. The van der Waals surface area contributed by atoms with Crippen LogP contribution in [0.25, 0.3) is 0 Å². The van der Waals surface area contributed by atoms with Gasteiger partial charge in [-0.1, -0.05) is 12.1 Å². The van der Waals surface area contributed by atoms with Gasteiger partial charge >= 0.3 is 0 Å². The zero-order chi connectivity index (χ0) is 11.9. The predicted octanol–water partition coefficient (Wildman–Crippen LogP) is 2.14. The number of methoxy groups -OCH3 is 1. The van der Waals surface area contributed by atoms with Gasteiger partial charge in [-0.25, -0.2) is 0 Å². The van der Waals surface area contributed by atoms with Crippen LogP contribution in [-0.4, -0.2) is 23.9 Å². The lowest BCUT2D eigenvalue weighted by Crippen LogP contribution is -2.06. The number of aromatic nitrogens is 2. The number of benzene rings is 1. The summed E-state index contributed by atoms with van der Waals surface area (Å²) < 4.78 is 5.11. The van der Waals surface area contributed by atoms with Gasteiger partial charge in [-0.05, 0) is 36.2 Å². The lowest BCUT2D eigenvalue weighted by Gasteiger charge is -2.05. The summed E-state index contributed by atoms with van der Waals surface area (Å²) in [5.74, 6) is 1.69. The fourth-order valence-corrected chi connectivity index (χ4v) is 1.52. The average Bonchev–Trinajstić information content (AvgIpc) is 2.41. The Kier molecular flexibility index (Phi) is 3.91. The van der Waals surface area contributed by atoms with Crippen molar-refractivity contribution in [3.63, 3.8) is 0 Å². The van der Waals surface area contributed by atoms with E-state index in [-0.39, 0.29) is 0 Å². The van der Waals surface area contributed by atoms with Crippen LogP contribution < -0.4 is 10.1 Å². The molecule has 0 saturated heterocycles. The van der Waals surface area contributed by atoms with E-state index in [9.17, 15) is 0 Å². The Labute approximate surface area is 101 Å². The average molecular weight is 229 g/mol. The standard InChI is InChI=1S/C13H15N3O/c1-17-12-6-4-11(5-7-12)8-10-14-13-3-2-9-15-16-13/h2-7,9H,8,10H2,1H3,(H,14,16). The molecule has 0 bridgehead atoms. The first-order valence-corrected chi connectivity index (χ1v) is 5.53. The van der Waals surface area contributed by atoms with Crippen LogP contribution in [0.2, 0.25) is 0 Å². The number of nitrogens with zero attached hydrogens (tertiary/aromatic N) is 2. The first-order valence-electron chi connectivity index (χ1n) is 5.53. The van der Waals surface area contributed by atoms with Crippen molar-refractivity contribution in [1.29, 1.82) is 0 Å². The molecule has 0 saturated carbocycles. The zero-order valence-electron chi connectivity index (χ0n) is 9.76. The molecule has 0 radical (unpaired) electrons. The third kappa shape index (κ3) is 3.45. The predicted molar refractivity (Wildman–Crippen MR) is 67.2 cm³/mol. The van der Waals surface area contributed by atoms with Gasteiger partial charge in [-0.15, -0.1) is 5.10 Å². The number of hydrogen-bond acceptors (Lipinski definition) is 4. The molecule has 0 unspecified atom stereocenters. The highest BCUT2D eigenvalue weighted by Crippen LogP contribution is 2.11. The third-order valence-electron chi connectivity index (χ3n) is 2.45. The van der Waals surface area contributed by atoms with E-state index in [1.165, 1.54) is 5.56 Å². The molecule has 1 aromatic heterocycles. The van der Waals surface area contributed by atoms with E-state index in [2.05, 4.69) is 27.6 Å². The second-order valence-corrected chi connectivity index (χ2v) is 3.63. The van der Waals surface area contributed by atoms with Crippen LogP contribution in [-0.2, 0) is 6.42 Å². The maximum Gasteiger partial charge on any atom is 0.148 e. The number of anilines is 1. The molecular formula is C13H15N3O. The molecule has 4 nitrogen and oxygen atoms in total. The largest absolute Gasteiger partial charge is 0.497 e. The molecule has 2 rings (SSSR count). The molecular weight excluding hydrogens is 214 g/mol. The molecule has 1 aromatic carbocycles. The molecule has 0 fully saturated rings. The third-order valence-corrected chi connectivity index (χ3v) is 2.45. The number of hydrogen-bond donors (Lipinski definition) is 1. The van der Waals surface area contributed by atoms with Gasteiger partial charge in [0.2, 0.25) is 0 Å². The number of ether oxygens (including phenoxy) is 1. The van der Waals surface area contributed by atoms with Crippen LogP contribution >= 0.6 is 0 Å². The maximum absolute atomic E-state index is 5.11. The molecule has 1 heterocycles. The molecule has 0 atom stereocenters. The van der Waals surface area contributed by atoms with Crippen LogP contribution in [0.15, 0.2) is 42.6 Å². The van der Waals surface area contributed by atoms with E-state index in [1.54, 1.807) is 13.3 Å². The fourth-order valence-electron chi connectivity index (χ4n) is 1.52. The van der Waals surface area contributed by atoms with Gasteiger partial charge in [0.15, 0.2) is 0 Å². The van der Waals surface area contributed by atoms with Gasteiger partial charge in [0.1, 0.15) is 11.6 Å². The quantitative estimate of drug-likeness (QED) is 0.853. The van der Waals surface area contributed by atoms with Crippen molar-refractivity contribution in [2.45, 2.75) is 6.42 Å². The Balaban J connectivity index is 1.82. The second-order valence-electron chi connectivity index (χ2n) is 3.63. The van der Waals surface area contributed by atoms with Gasteiger partial charge in [0.05, 0.1) is 7.11 Å². The van der Waals surface area contributed by atoms with Crippen molar-refractivity contribution in [2.24, 2.45) is 0 Å². The highest BCUT2D eigenvalue weighted by molar-refractivity contribution is 5.32. The first-order chi connectivity index (χ1) is 8.38. The van der Waals surface area contributed by atoms with E-state index >= 15 is 0 Å². The molecule has 88 valence electrons. The molecule has 2 aromatic rings. The maximum atomic E-state index is 5.11. The highest BCUT2D eigenvalue weighted by Gasteiger charge is 1.95. The topological polar surface area (TPSA) is 47.0 Å². The van der Waals surface area contributed by atoms with Crippen molar-refractivity contribution in [3.8, 4) is 5.75 Å². The molecule has 0 aliphatic rings. The second kappa shape index (κ2) is 5.84. The minimum atomic E-state index is 0.806. The highest BCUT2D eigenvalue weighted by atomic mass is 16.5. The van der Waals surface area contributed by atoms with Crippen molar-refractivity contribution >= 4 is 5.82 Å². The van der Waals surface area contributed by atoms with E-state index in [0.717, 1.165) is 24.5 Å². The summed E-state index contributed by atoms with van der Waals surface area (Å²) in [6.07, 6.45) is 2.61. The summed E-state index contributed by atoms with van der Waals surface area (Å²) in [5, 5.41) is 11.0. The van der Waals surface area contributed by atoms with Crippen LogP contribution in [0.1, 0.15) is 5.56 Å². The zero-order valence-corrected chi connectivity index (χ0v) is 9.76. The summed E-state index contributed by atoms with van der Waals surface area (Å²) in [4.78, 5) is 0. The van der Waals surface area contributed by atoms with Crippen LogP contribution in [0.3, 0.4) is 0 Å². The normalized spacial score (nSPS) is 9.94. The van der Waals surface area contributed by atoms with Crippen LogP contribution in [0.4, 0.5) is 5.82 Å². The van der Waals surface area contributed by atoms with Crippen molar-refractivity contribution < 1.29 is 4.74 Å². The Hall–Kier alpha value is -2.10. The first kappa shape index (κ1) is 11.4. The minimum Gasteiger partial charge on any atom is -0.497 e. The van der Waals surface area contributed by atoms with Crippen molar-refractivity contribution in [3.05, 3.63) is 48.2 Å². The fraction of sp³-hybridized carbons (Fsp3) is 0.231. The van der Waals surface area contributed by atoms with Gasteiger partial charge < -0.3 is 10.1 Å². The molecule has 0 spiro atoms.